The average molecular weight is 142 g/mol. The van der Waals surface area contributed by atoms with Gasteiger partial charge in [-0.25, -0.2) is 0 Å². The van der Waals surface area contributed by atoms with E-state index >= 15 is 0 Å². The van der Waals surface area contributed by atoms with Crippen LogP contribution in [0.1, 0.15) is 12.8 Å². The van der Waals surface area contributed by atoms with Gasteiger partial charge in [-0.2, -0.15) is 0 Å². The van der Waals surface area contributed by atoms with Crippen molar-refractivity contribution < 1.29 is 4.79 Å². The van der Waals surface area contributed by atoms with Crippen LogP contribution < -0.4 is 5.32 Å². The van der Waals surface area contributed by atoms with E-state index in [2.05, 4.69) is 10.2 Å². The highest BCUT2D eigenvalue weighted by atomic mass is 16.1. The predicted molar refractivity (Wildman–Crippen MR) is 39.7 cm³/mol. The van der Waals surface area contributed by atoms with Crippen LogP contribution in [0.25, 0.3) is 0 Å². The molecule has 0 radical (unpaired) electrons. The Kier molecular flexibility index (Phi) is 3.40. The fraction of sp³-hybridized carbons (Fsp3) is 0.857. The third kappa shape index (κ3) is 2.45. The van der Waals surface area contributed by atoms with Gasteiger partial charge in [0, 0.05) is 26.2 Å². The van der Waals surface area contributed by atoms with Crippen molar-refractivity contribution in [1.29, 1.82) is 0 Å². The Hall–Kier alpha value is -0.410. The lowest BCUT2D eigenvalue weighted by molar-refractivity contribution is -0.108. The first-order chi connectivity index (χ1) is 4.93. The van der Waals surface area contributed by atoms with E-state index in [-0.39, 0.29) is 0 Å². The molecule has 0 saturated carbocycles. The predicted octanol–water partition coefficient (Wildman–Crippen LogP) is -0.172. The van der Waals surface area contributed by atoms with Gasteiger partial charge in [0.15, 0.2) is 0 Å². The summed E-state index contributed by atoms with van der Waals surface area (Å²) in [5.41, 5.74) is 0. The fourth-order valence-electron chi connectivity index (χ4n) is 1.14. The number of carbonyl (C=O) groups is 1. The van der Waals surface area contributed by atoms with Gasteiger partial charge >= 0.3 is 0 Å². The van der Waals surface area contributed by atoms with Crippen LogP contribution in [-0.2, 0) is 4.79 Å². The summed E-state index contributed by atoms with van der Waals surface area (Å²) in [4.78, 5) is 12.3. The summed E-state index contributed by atoms with van der Waals surface area (Å²) in [6, 6.07) is 0. The molecule has 0 aromatic rings. The molecule has 1 heterocycles. The number of hydrogen-bond acceptors (Lipinski definition) is 3. The summed E-state index contributed by atoms with van der Waals surface area (Å²) in [5.74, 6) is 0. The molecule has 3 nitrogen and oxygen atoms in total. The minimum Gasteiger partial charge on any atom is -0.303 e. The molecular formula is C7H14N2O. The van der Waals surface area contributed by atoms with E-state index in [1.54, 1.807) is 0 Å². The Labute approximate surface area is 61.4 Å². The highest BCUT2D eigenvalue weighted by Crippen LogP contribution is 1.95. The first-order valence-corrected chi connectivity index (χ1v) is 3.80. The van der Waals surface area contributed by atoms with Crippen molar-refractivity contribution in [3.05, 3.63) is 0 Å². The lowest BCUT2D eigenvalue weighted by atomic mass is 10.3. The third-order valence-corrected chi connectivity index (χ3v) is 1.74. The second-order valence-electron chi connectivity index (χ2n) is 2.59. The number of carbonyl (C=O) groups excluding carboxylic acids is 1. The molecule has 1 N–H and O–H groups in total. The fourth-order valence-corrected chi connectivity index (χ4v) is 1.14. The van der Waals surface area contributed by atoms with E-state index in [0.29, 0.717) is 6.42 Å². The molecule has 1 aliphatic rings. The molecule has 58 valence electrons. The SMILES string of the molecule is O=CCCCN1CCNC1. The number of nitrogens with one attached hydrogen (secondary N) is 1. The van der Waals surface area contributed by atoms with Gasteiger partial charge in [0.05, 0.1) is 0 Å². The van der Waals surface area contributed by atoms with Gasteiger partial charge in [-0.15, -0.1) is 0 Å². The summed E-state index contributed by atoms with van der Waals surface area (Å²) in [6.45, 7) is 4.30. The van der Waals surface area contributed by atoms with Crippen molar-refractivity contribution in [3.8, 4) is 0 Å². The molecule has 0 aromatic carbocycles. The Balaban J connectivity index is 1.96. The number of rotatable bonds is 4. The molecule has 0 amide bonds. The maximum Gasteiger partial charge on any atom is 0.120 e. The molecular weight excluding hydrogens is 128 g/mol. The van der Waals surface area contributed by atoms with Gasteiger partial charge in [0.2, 0.25) is 0 Å². The number of nitrogens with zero attached hydrogens (tertiary/aromatic N) is 1. The van der Waals surface area contributed by atoms with Gasteiger partial charge in [-0.1, -0.05) is 0 Å². The monoisotopic (exact) mass is 142 g/mol. The number of aldehydes is 1. The van der Waals surface area contributed by atoms with E-state index in [0.717, 1.165) is 39.0 Å². The zero-order valence-electron chi connectivity index (χ0n) is 6.18. The highest BCUT2D eigenvalue weighted by molar-refractivity contribution is 5.48. The molecule has 1 fully saturated rings. The van der Waals surface area contributed by atoms with Crippen LogP contribution >= 0.6 is 0 Å². The smallest absolute Gasteiger partial charge is 0.120 e. The maximum atomic E-state index is 9.94. The third-order valence-electron chi connectivity index (χ3n) is 1.74. The van der Waals surface area contributed by atoms with E-state index in [1.165, 1.54) is 0 Å². The lowest BCUT2D eigenvalue weighted by Gasteiger charge is -2.11. The zero-order chi connectivity index (χ0) is 7.23. The van der Waals surface area contributed by atoms with Crippen molar-refractivity contribution in [1.82, 2.24) is 10.2 Å². The van der Waals surface area contributed by atoms with Crippen molar-refractivity contribution in [2.24, 2.45) is 0 Å². The first-order valence-electron chi connectivity index (χ1n) is 3.80. The summed E-state index contributed by atoms with van der Waals surface area (Å²) < 4.78 is 0. The molecule has 10 heavy (non-hydrogen) atoms. The Morgan fingerprint density at radius 2 is 2.50 bits per heavy atom. The maximum absolute atomic E-state index is 9.94. The van der Waals surface area contributed by atoms with Crippen molar-refractivity contribution in [2.75, 3.05) is 26.3 Å². The molecule has 1 aliphatic heterocycles. The van der Waals surface area contributed by atoms with E-state index in [4.69, 9.17) is 0 Å². The van der Waals surface area contributed by atoms with Crippen LogP contribution in [-0.4, -0.2) is 37.5 Å². The van der Waals surface area contributed by atoms with Crippen LogP contribution in [0, 0.1) is 0 Å². The molecule has 0 bridgehead atoms. The molecule has 1 rings (SSSR count). The molecule has 0 aliphatic carbocycles. The zero-order valence-corrected chi connectivity index (χ0v) is 6.18. The standard InChI is InChI=1S/C7H14N2O/c10-6-2-1-4-9-5-3-8-7-9/h6,8H,1-5,7H2. The minimum atomic E-state index is 0.705. The second-order valence-corrected chi connectivity index (χ2v) is 2.59. The van der Waals surface area contributed by atoms with Crippen LogP contribution in [0.2, 0.25) is 0 Å². The molecule has 0 atom stereocenters. The lowest BCUT2D eigenvalue weighted by Crippen LogP contribution is -2.23. The van der Waals surface area contributed by atoms with Gasteiger partial charge in [0.25, 0.3) is 0 Å². The van der Waals surface area contributed by atoms with E-state index in [1.807, 2.05) is 0 Å². The molecule has 0 spiro atoms. The summed E-state index contributed by atoms with van der Waals surface area (Å²) in [5, 5.41) is 3.24. The Bertz CT molecular complexity index is 99.8. The van der Waals surface area contributed by atoms with Crippen LogP contribution in [0.4, 0.5) is 0 Å². The summed E-state index contributed by atoms with van der Waals surface area (Å²) >= 11 is 0. The molecule has 0 aromatic heterocycles. The van der Waals surface area contributed by atoms with Crippen LogP contribution in [0.3, 0.4) is 0 Å². The van der Waals surface area contributed by atoms with Crippen LogP contribution in [0.5, 0.6) is 0 Å². The quantitative estimate of drug-likeness (QED) is 0.437. The summed E-state index contributed by atoms with van der Waals surface area (Å²) in [7, 11) is 0. The summed E-state index contributed by atoms with van der Waals surface area (Å²) in [6.07, 6.45) is 2.70. The van der Waals surface area contributed by atoms with Gasteiger partial charge in [-0.3, -0.25) is 4.90 Å². The van der Waals surface area contributed by atoms with Crippen molar-refractivity contribution >= 4 is 6.29 Å². The average Bonchev–Trinajstić information content (AvgIpc) is 2.41. The normalized spacial score (nSPS) is 19.6. The van der Waals surface area contributed by atoms with E-state index < -0.39 is 0 Å². The highest BCUT2D eigenvalue weighted by Gasteiger charge is 2.08. The van der Waals surface area contributed by atoms with Crippen LogP contribution in [0.15, 0.2) is 0 Å². The van der Waals surface area contributed by atoms with Crippen molar-refractivity contribution in [3.63, 3.8) is 0 Å². The van der Waals surface area contributed by atoms with Gasteiger partial charge < -0.3 is 10.1 Å². The molecule has 1 saturated heterocycles. The van der Waals surface area contributed by atoms with Crippen molar-refractivity contribution in [2.45, 2.75) is 12.8 Å². The molecule has 0 unspecified atom stereocenters. The van der Waals surface area contributed by atoms with Gasteiger partial charge in [-0.05, 0) is 13.0 Å². The Morgan fingerprint density at radius 1 is 1.60 bits per heavy atom. The number of hydrogen-bond donors (Lipinski definition) is 1. The Morgan fingerprint density at radius 3 is 3.10 bits per heavy atom. The second kappa shape index (κ2) is 4.41. The van der Waals surface area contributed by atoms with Gasteiger partial charge in [0.1, 0.15) is 6.29 Å². The minimum absolute atomic E-state index is 0.705. The van der Waals surface area contributed by atoms with E-state index in [9.17, 15) is 4.79 Å². The number of unbranched alkanes of at least 4 members (excludes halogenated alkanes) is 1. The largest absolute Gasteiger partial charge is 0.303 e. The first kappa shape index (κ1) is 7.69. The topological polar surface area (TPSA) is 32.3 Å². The molecule has 3 heteroatoms.